The number of alkyl halides is 2. The predicted molar refractivity (Wildman–Crippen MR) is 160 cm³/mol. The van der Waals surface area contributed by atoms with E-state index in [1.807, 2.05) is 0 Å². The third kappa shape index (κ3) is 6.91. The van der Waals surface area contributed by atoms with Gasteiger partial charge in [-0.15, -0.1) is 0 Å². The average Bonchev–Trinajstić information content (AvgIpc) is 2.98. The van der Waals surface area contributed by atoms with Crippen LogP contribution in [0.4, 0.5) is 26.1 Å². The number of hydrogen-bond donors (Lipinski definition) is 4. The van der Waals surface area contributed by atoms with Crippen molar-refractivity contribution in [1.29, 1.82) is 5.41 Å². The van der Waals surface area contributed by atoms with E-state index in [4.69, 9.17) is 22.7 Å². The van der Waals surface area contributed by atoms with Gasteiger partial charge in [0, 0.05) is 48.4 Å². The van der Waals surface area contributed by atoms with E-state index in [2.05, 4.69) is 27.2 Å². The minimum Gasteiger partial charge on any atom is -0.383 e. The molecule has 1 fully saturated rings. The molecule has 42 heavy (non-hydrogen) atoms. The highest BCUT2D eigenvalue weighted by atomic mass is 35.5. The molecule has 220 valence electrons. The lowest BCUT2D eigenvalue weighted by atomic mass is 9.98. The topological polar surface area (TPSA) is 137 Å². The third-order valence-electron chi connectivity index (χ3n) is 6.99. The van der Waals surface area contributed by atoms with Crippen molar-refractivity contribution >= 4 is 46.5 Å². The highest BCUT2D eigenvalue weighted by Gasteiger charge is 2.31. The van der Waals surface area contributed by atoms with Gasteiger partial charge in [-0.05, 0) is 43.2 Å². The summed E-state index contributed by atoms with van der Waals surface area (Å²) in [5.41, 5.74) is 7.42. The number of carbonyl (C=O) groups is 2. The maximum absolute atomic E-state index is 14.3. The zero-order chi connectivity index (χ0) is 30.4. The van der Waals surface area contributed by atoms with Gasteiger partial charge in [-0.2, -0.15) is 0 Å². The summed E-state index contributed by atoms with van der Waals surface area (Å²) in [6.07, 6.45) is 5.48. The Bertz CT molecular complexity index is 1500. The van der Waals surface area contributed by atoms with Crippen molar-refractivity contribution in [2.75, 3.05) is 29.5 Å². The van der Waals surface area contributed by atoms with Crippen LogP contribution in [0.1, 0.15) is 59.7 Å². The van der Waals surface area contributed by atoms with Gasteiger partial charge in [0.15, 0.2) is 0 Å². The third-order valence-corrected chi connectivity index (χ3v) is 7.28. The molecular weight excluding hydrogens is 564 g/mol. The van der Waals surface area contributed by atoms with Crippen molar-refractivity contribution in [3.8, 4) is 0 Å². The molecule has 1 aliphatic rings. The van der Waals surface area contributed by atoms with Crippen LogP contribution < -0.4 is 16.4 Å². The monoisotopic (exact) mass is 595 g/mol. The number of likely N-dealkylation sites (tertiary alicyclic amines) is 1. The number of aromatic nitrogens is 2. The van der Waals surface area contributed by atoms with Crippen molar-refractivity contribution in [3.63, 3.8) is 0 Å². The predicted octanol–water partition coefficient (Wildman–Crippen LogP) is 5.86. The molecule has 2 aromatic heterocycles. The number of nitrogens with two attached hydrogens (primary N) is 1. The van der Waals surface area contributed by atoms with E-state index in [1.54, 1.807) is 24.0 Å². The van der Waals surface area contributed by atoms with Crippen LogP contribution in [-0.4, -0.2) is 51.5 Å². The lowest BCUT2D eigenvalue weighted by Crippen LogP contribution is -2.44. The highest BCUT2D eigenvalue weighted by Crippen LogP contribution is 2.34. The number of pyridine rings is 2. The summed E-state index contributed by atoms with van der Waals surface area (Å²) in [4.78, 5) is 34.8. The van der Waals surface area contributed by atoms with Crippen molar-refractivity contribution in [2.24, 2.45) is 0 Å². The van der Waals surface area contributed by atoms with Crippen LogP contribution in [0.2, 0.25) is 5.02 Å². The standard InChI is InChI=1S/C30H32ClF2N7O2/c1-3-12-30(32,33)20-11-13-36-23(15-20)39-29(42)19-9-7-18(8-10-19)26(34)25-27(22(31)16-37-28(25)35)38-21-6-5-14-40(17-21)24(41)4-2/h4,7-11,13,15-16,21,34H,2-3,5-6,12,14,17H2,1H3,(H3,35,37,38)(H,36,39,42). The van der Waals surface area contributed by atoms with Gasteiger partial charge in [0.25, 0.3) is 11.8 Å². The zero-order valence-corrected chi connectivity index (χ0v) is 23.8. The molecule has 3 aromatic rings. The first kappa shape index (κ1) is 30.6. The molecule has 0 saturated carbocycles. The fourth-order valence-corrected chi connectivity index (χ4v) is 5.03. The summed E-state index contributed by atoms with van der Waals surface area (Å²) in [5, 5.41) is 15.1. The number of halogens is 3. The number of anilines is 3. The molecule has 0 aliphatic carbocycles. The number of rotatable bonds is 10. The molecule has 0 bridgehead atoms. The fraction of sp³-hybridized carbons (Fsp3) is 0.300. The van der Waals surface area contributed by atoms with Gasteiger partial charge in [-0.1, -0.05) is 43.7 Å². The molecule has 0 spiro atoms. The van der Waals surface area contributed by atoms with Crippen LogP contribution in [0.25, 0.3) is 0 Å². The summed E-state index contributed by atoms with van der Waals surface area (Å²) < 4.78 is 28.7. The molecule has 1 saturated heterocycles. The number of amides is 2. The lowest BCUT2D eigenvalue weighted by Gasteiger charge is -2.33. The summed E-state index contributed by atoms with van der Waals surface area (Å²) in [5.74, 6) is -3.62. The first-order chi connectivity index (χ1) is 20.0. The molecule has 0 radical (unpaired) electrons. The van der Waals surface area contributed by atoms with Crippen LogP contribution in [0.5, 0.6) is 0 Å². The Hall–Kier alpha value is -4.38. The maximum Gasteiger partial charge on any atom is 0.273 e. The van der Waals surface area contributed by atoms with Crippen LogP contribution in [0.15, 0.2) is 61.4 Å². The van der Waals surface area contributed by atoms with Crippen molar-refractivity contribution in [3.05, 3.63) is 88.7 Å². The lowest BCUT2D eigenvalue weighted by molar-refractivity contribution is -0.127. The smallest absolute Gasteiger partial charge is 0.273 e. The van der Waals surface area contributed by atoms with Gasteiger partial charge in [-0.3, -0.25) is 15.0 Å². The quantitative estimate of drug-likeness (QED) is 0.171. The van der Waals surface area contributed by atoms with Gasteiger partial charge in [-0.25, -0.2) is 18.7 Å². The molecular formula is C30H32ClF2N7O2. The molecule has 12 heteroatoms. The highest BCUT2D eigenvalue weighted by molar-refractivity contribution is 6.35. The fourth-order valence-electron chi connectivity index (χ4n) is 4.83. The van der Waals surface area contributed by atoms with Gasteiger partial charge < -0.3 is 21.3 Å². The average molecular weight is 596 g/mol. The Morgan fingerprint density at radius 3 is 2.64 bits per heavy atom. The normalized spacial score (nSPS) is 15.1. The second-order valence-electron chi connectivity index (χ2n) is 10.0. The Labute approximate surface area is 247 Å². The molecule has 4 rings (SSSR count). The first-order valence-electron chi connectivity index (χ1n) is 13.5. The van der Waals surface area contributed by atoms with Gasteiger partial charge in [0.05, 0.1) is 28.2 Å². The van der Waals surface area contributed by atoms with Crippen LogP contribution in [0.3, 0.4) is 0 Å². The second kappa shape index (κ2) is 13.1. The number of nitrogen functional groups attached to an aromatic ring is 1. The molecule has 2 amide bonds. The minimum absolute atomic E-state index is 0.00894. The van der Waals surface area contributed by atoms with E-state index in [9.17, 15) is 18.4 Å². The molecule has 9 nitrogen and oxygen atoms in total. The van der Waals surface area contributed by atoms with Crippen LogP contribution in [0, 0.1) is 5.41 Å². The number of carbonyl (C=O) groups excluding carboxylic acids is 2. The van der Waals surface area contributed by atoms with E-state index >= 15 is 0 Å². The second-order valence-corrected chi connectivity index (χ2v) is 10.4. The number of nitrogens with zero attached hydrogens (tertiary/aromatic N) is 3. The molecule has 1 atom stereocenters. The summed E-state index contributed by atoms with van der Waals surface area (Å²) >= 11 is 6.50. The maximum atomic E-state index is 14.3. The molecule has 5 N–H and O–H groups in total. The Balaban J connectivity index is 1.52. The van der Waals surface area contributed by atoms with Gasteiger partial charge >= 0.3 is 0 Å². The summed E-state index contributed by atoms with van der Waals surface area (Å²) in [6.45, 7) is 6.30. The van der Waals surface area contributed by atoms with E-state index in [0.29, 0.717) is 36.3 Å². The Morgan fingerprint density at radius 2 is 1.95 bits per heavy atom. The van der Waals surface area contributed by atoms with E-state index in [1.165, 1.54) is 42.7 Å². The largest absolute Gasteiger partial charge is 0.383 e. The Morgan fingerprint density at radius 1 is 1.24 bits per heavy atom. The van der Waals surface area contributed by atoms with Crippen LogP contribution in [-0.2, 0) is 10.7 Å². The number of nitrogens with one attached hydrogen (secondary N) is 3. The summed E-state index contributed by atoms with van der Waals surface area (Å²) in [6, 6.07) is 8.44. The molecule has 1 aromatic carbocycles. The number of piperidine rings is 1. The van der Waals surface area contributed by atoms with Crippen LogP contribution >= 0.6 is 11.6 Å². The number of benzene rings is 1. The minimum atomic E-state index is -3.02. The van der Waals surface area contributed by atoms with E-state index in [0.717, 1.165) is 12.8 Å². The van der Waals surface area contributed by atoms with Crippen molar-refractivity contribution < 1.29 is 18.4 Å². The molecule has 3 heterocycles. The van der Waals surface area contributed by atoms with E-state index < -0.39 is 11.8 Å². The van der Waals surface area contributed by atoms with E-state index in [-0.39, 0.29) is 51.9 Å². The van der Waals surface area contributed by atoms with Crippen molar-refractivity contribution in [2.45, 2.75) is 44.6 Å². The van der Waals surface area contributed by atoms with Gasteiger partial charge in [0.1, 0.15) is 11.6 Å². The molecule has 1 aliphatic heterocycles. The first-order valence-corrected chi connectivity index (χ1v) is 13.9. The summed E-state index contributed by atoms with van der Waals surface area (Å²) in [7, 11) is 0. The Kier molecular flexibility index (Phi) is 9.52. The SMILES string of the molecule is C=CC(=O)N1CCCC(Nc2c(Cl)cnc(N)c2C(=N)c2ccc(C(=O)Nc3cc(C(F)(F)CCC)ccn3)cc2)C1. The zero-order valence-electron chi connectivity index (χ0n) is 23.1. The van der Waals surface area contributed by atoms with Crippen molar-refractivity contribution in [1.82, 2.24) is 14.9 Å². The van der Waals surface area contributed by atoms with Gasteiger partial charge in [0.2, 0.25) is 5.91 Å². The molecule has 1 unspecified atom stereocenters. The number of hydrogen-bond acceptors (Lipinski definition) is 7.